The van der Waals surface area contributed by atoms with Gasteiger partial charge in [-0.25, -0.2) is 9.78 Å². The third-order valence-electron chi connectivity index (χ3n) is 10.5. The molecule has 54 heavy (non-hydrogen) atoms. The molecule has 0 spiro atoms. The number of hydrogen-bond donors (Lipinski definition) is 5. The minimum Gasteiger partial charge on any atom is -0.388 e. The molecule has 8 rings (SSSR count). The van der Waals surface area contributed by atoms with Gasteiger partial charge < -0.3 is 35.6 Å². The van der Waals surface area contributed by atoms with Crippen molar-refractivity contribution in [3.63, 3.8) is 0 Å². The molecule has 1 aliphatic carbocycles. The standard InChI is InChI=1S/C39H44N12O3/c1-2-28-21-44-51(48-28)32-18-31(34(52)35(32)53)50-24-43-33-36(41-22-30(26-11-5-3-6-12-26)27-13-7-4-8-14-27)46-38(47-37(33)50)49-17-15-29(23-49)45-39(54)42-20-25-10-9-16-40-19-25/h3-14,16,19,21,24,29-32,34-35,52-53H,2,15,17-18,20,22-23H2,1H3,(H,41,46,47)(H2,42,45,54)/t29?,31-,32+,34+,35-/m1/s1. The van der Waals surface area contributed by atoms with Gasteiger partial charge in [-0.2, -0.15) is 25.0 Å². The second kappa shape index (κ2) is 15.6. The lowest BCUT2D eigenvalue weighted by atomic mass is 9.91. The summed E-state index contributed by atoms with van der Waals surface area (Å²) in [6, 6.07) is 23.0. The van der Waals surface area contributed by atoms with Gasteiger partial charge in [-0.15, -0.1) is 0 Å². The molecule has 2 fully saturated rings. The number of nitrogens with one attached hydrogen (secondary N) is 3. The van der Waals surface area contributed by atoms with Crippen LogP contribution in [0.1, 0.15) is 60.2 Å². The van der Waals surface area contributed by atoms with Gasteiger partial charge in [0.2, 0.25) is 5.95 Å². The Labute approximate surface area is 312 Å². The van der Waals surface area contributed by atoms with Crippen LogP contribution in [-0.2, 0) is 13.0 Å². The number of aliphatic hydroxyl groups is 2. The minimum atomic E-state index is -1.11. The quantitative estimate of drug-likeness (QED) is 0.124. The monoisotopic (exact) mass is 728 g/mol. The fraction of sp³-hybridized carbons (Fsp3) is 0.359. The summed E-state index contributed by atoms with van der Waals surface area (Å²) in [5, 5.41) is 41.2. The van der Waals surface area contributed by atoms with E-state index < -0.39 is 24.3 Å². The van der Waals surface area contributed by atoms with Gasteiger partial charge in [0, 0.05) is 50.5 Å². The summed E-state index contributed by atoms with van der Waals surface area (Å²) in [6.45, 7) is 4.04. The SMILES string of the molecule is CCc1cnn([C@H]2C[C@@H](n3cnc4c(NCC(c5ccccc5)c5ccccc5)nc(N5CCC(NC(=O)NCc6cccnc6)C5)nc43)[C@H](O)[C@@H]2O)n1. The maximum absolute atomic E-state index is 12.8. The van der Waals surface area contributed by atoms with Crippen molar-refractivity contribution in [1.82, 2.24) is 50.1 Å². The lowest BCUT2D eigenvalue weighted by molar-refractivity contribution is 0.00497. The number of urea groups is 1. The number of benzene rings is 2. The van der Waals surface area contributed by atoms with E-state index in [1.807, 2.05) is 60.0 Å². The van der Waals surface area contributed by atoms with Gasteiger partial charge in [0.25, 0.3) is 0 Å². The molecule has 0 bridgehead atoms. The zero-order valence-corrected chi connectivity index (χ0v) is 30.0. The van der Waals surface area contributed by atoms with Gasteiger partial charge in [0.1, 0.15) is 18.2 Å². The normalized spacial score (nSPS) is 21.2. The van der Waals surface area contributed by atoms with Crippen molar-refractivity contribution in [1.29, 1.82) is 0 Å². The first-order chi connectivity index (χ1) is 26.4. The van der Waals surface area contributed by atoms with Crippen molar-refractivity contribution in [2.45, 2.75) is 69.0 Å². The van der Waals surface area contributed by atoms with Crippen LogP contribution in [0, 0.1) is 0 Å². The van der Waals surface area contributed by atoms with Crippen LogP contribution >= 0.6 is 0 Å². The molecule has 2 aromatic carbocycles. The molecule has 5 N–H and O–H groups in total. The number of aliphatic hydroxyl groups excluding tert-OH is 2. The number of aromatic nitrogens is 8. The number of anilines is 2. The molecular weight excluding hydrogens is 685 g/mol. The first kappa shape index (κ1) is 35.1. The van der Waals surface area contributed by atoms with Crippen LogP contribution in [0.25, 0.3) is 11.2 Å². The molecule has 6 aromatic rings. The third kappa shape index (κ3) is 7.32. The Morgan fingerprint density at radius 1 is 0.944 bits per heavy atom. The van der Waals surface area contributed by atoms with Crippen LogP contribution in [-0.4, -0.2) is 93.6 Å². The van der Waals surface area contributed by atoms with Gasteiger partial charge in [-0.3, -0.25) is 4.98 Å². The van der Waals surface area contributed by atoms with E-state index in [0.717, 1.165) is 28.8 Å². The fourth-order valence-electron chi connectivity index (χ4n) is 7.51. The van der Waals surface area contributed by atoms with Crippen LogP contribution in [0.5, 0.6) is 0 Å². The number of hydrogen-bond acceptors (Lipinski definition) is 11. The highest BCUT2D eigenvalue weighted by Crippen LogP contribution is 2.40. The summed E-state index contributed by atoms with van der Waals surface area (Å²) < 4.78 is 1.84. The van der Waals surface area contributed by atoms with E-state index in [-0.39, 0.29) is 18.0 Å². The highest BCUT2D eigenvalue weighted by Gasteiger charge is 2.45. The molecule has 1 saturated heterocycles. The Morgan fingerprint density at radius 3 is 2.41 bits per heavy atom. The molecule has 15 heteroatoms. The average molecular weight is 729 g/mol. The lowest BCUT2D eigenvalue weighted by Gasteiger charge is -2.22. The summed E-state index contributed by atoms with van der Waals surface area (Å²) in [7, 11) is 0. The molecular formula is C39H44N12O3. The van der Waals surface area contributed by atoms with Gasteiger partial charge in [-0.1, -0.05) is 73.7 Å². The van der Waals surface area contributed by atoms with Crippen molar-refractivity contribution in [2.75, 3.05) is 29.9 Å². The zero-order chi connectivity index (χ0) is 37.0. The summed E-state index contributed by atoms with van der Waals surface area (Å²) >= 11 is 0. The number of fused-ring (bicyclic) bond motifs is 1. The van der Waals surface area contributed by atoms with E-state index in [2.05, 4.69) is 60.3 Å². The van der Waals surface area contributed by atoms with Crippen molar-refractivity contribution >= 4 is 29.0 Å². The molecule has 1 saturated carbocycles. The van der Waals surface area contributed by atoms with Gasteiger partial charge in [-0.05, 0) is 42.0 Å². The Balaban J connectivity index is 1.08. The fourth-order valence-corrected chi connectivity index (χ4v) is 7.51. The Kier molecular flexibility index (Phi) is 10.1. The summed E-state index contributed by atoms with van der Waals surface area (Å²) in [5.74, 6) is 1.06. The molecule has 2 amide bonds. The number of carbonyl (C=O) groups excluding carboxylic acids is 1. The van der Waals surface area contributed by atoms with E-state index in [9.17, 15) is 15.0 Å². The molecule has 278 valence electrons. The summed E-state index contributed by atoms with van der Waals surface area (Å²) in [5.41, 5.74) is 5.14. The molecule has 0 radical (unpaired) electrons. The van der Waals surface area contributed by atoms with Crippen LogP contribution in [0.2, 0.25) is 0 Å². The first-order valence-electron chi connectivity index (χ1n) is 18.5. The summed E-state index contributed by atoms with van der Waals surface area (Å²) in [4.78, 5) is 35.4. The number of pyridine rings is 1. The second-order valence-corrected chi connectivity index (χ2v) is 13.9. The number of nitrogens with zero attached hydrogens (tertiary/aromatic N) is 9. The Bertz CT molecular complexity index is 2120. The molecule has 1 aliphatic heterocycles. The molecule has 15 nitrogen and oxygen atoms in total. The molecule has 1 unspecified atom stereocenters. The van der Waals surface area contributed by atoms with E-state index in [0.29, 0.717) is 62.0 Å². The zero-order valence-electron chi connectivity index (χ0n) is 30.0. The average Bonchev–Trinajstić information content (AvgIpc) is 4.03. The lowest BCUT2D eigenvalue weighted by Crippen LogP contribution is -2.43. The number of aryl methyl sites for hydroxylation is 1. The molecule has 2 aliphatic rings. The first-order valence-corrected chi connectivity index (χ1v) is 18.5. The van der Waals surface area contributed by atoms with E-state index >= 15 is 0 Å². The number of amides is 2. The van der Waals surface area contributed by atoms with Crippen LogP contribution in [0.3, 0.4) is 0 Å². The van der Waals surface area contributed by atoms with Gasteiger partial charge in [0.15, 0.2) is 17.0 Å². The van der Waals surface area contributed by atoms with Crippen molar-refractivity contribution in [2.24, 2.45) is 0 Å². The van der Waals surface area contributed by atoms with E-state index in [1.165, 1.54) is 4.80 Å². The number of imidazole rings is 1. The van der Waals surface area contributed by atoms with Crippen molar-refractivity contribution < 1.29 is 15.0 Å². The van der Waals surface area contributed by atoms with Crippen LogP contribution < -0.4 is 20.9 Å². The Morgan fingerprint density at radius 2 is 1.70 bits per heavy atom. The van der Waals surface area contributed by atoms with Crippen molar-refractivity contribution in [3.05, 3.63) is 120 Å². The molecule has 5 atom stereocenters. The van der Waals surface area contributed by atoms with Crippen LogP contribution in [0.15, 0.2) is 97.7 Å². The largest absolute Gasteiger partial charge is 0.388 e. The van der Waals surface area contributed by atoms with Gasteiger partial charge in [0.05, 0.1) is 24.3 Å². The van der Waals surface area contributed by atoms with Gasteiger partial charge >= 0.3 is 6.03 Å². The Hall–Kier alpha value is -5.93. The van der Waals surface area contributed by atoms with Crippen molar-refractivity contribution in [3.8, 4) is 0 Å². The predicted octanol–water partition coefficient (Wildman–Crippen LogP) is 3.61. The minimum absolute atomic E-state index is 0.0237. The number of rotatable bonds is 12. The smallest absolute Gasteiger partial charge is 0.315 e. The third-order valence-corrected chi connectivity index (χ3v) is 10.5. The second-order valence-electron chi connectivity index (χ2n) is 13.9. The highest BCUT2D eigenvalue weighted by molar-refractivity contribution is 5.84. The topological polar surface area (TPSA) is 184 Å². The maximum Gasteiger partial charge on any atom is 0.315 e. The number of carbonyl (C=O) groups is 1. The predicted molar refractivity (Wildman–Crippen MR) is 203 cm³/mol. The summed E-state index contributed by atoms with van der Waals surface area (Å²) in [6.07, 6.45) is 6.39. The highest BCUT2D eigenvalue weighted by atomic mass is 16.3. The molecule has 5 heterocycles. The van der Waals surface area contributed by atoms with E-state index in [4.69, 9.17) is 15.0 Å². The molecule has 4 aromatic heterocycles. The van der Waals surface area contributed by atoms with Crippen LogP contribution in [0.4, 0.5) is 16.6 Å². The maximum atomic E-state index is 12.8. The van der Waals surface area contributed by atoms with E-state index in [1.54, 1.807) is 24.9 Å².